The zero-order chi connectivity index (χ0) is 29.1. The first-order valence-corrected chi connectivity index (χ1v) is 13.7. The third-order valence-electron chi connectivity index (χ3n) is 6.27. The zero-order valence-electron chi connectivity index (χ0n) is 23.0. The fraction of sp³-hybridized carbons (Fsp3) is 0.556. The van der Waals surface area contributed by atoms with E-state index in [2.05, 4.69) is 21.3 Å². The van der Waals surface area contributed by atoms with Crippen molar-refractivity contribution in [3.8, 4) is 11.5 Å². The van der Waals surface area contributed by atoms with Crippen molar-refractivity contribution in [1.29, 1.82) is 0 Å². The Balaban J connectivity index is 1.56. The highest BCUT2D eigenvalue weighted by Gasteiger charge is 2.22. The molecule has 0 aliphatic carbocycles. The van der Waals surface area contributed by atoms with Gasteiger partial charge in [-0.3, -0.25) is 9.59 Å². The van der Waals surface area contributed by atoms with Gasteiger partial charge in [-0.15, -0.1) is 0 Å². The molecule has 0 amide bonds. The second-order valence-electron chi connectivity index (χ2n) is 11.1. The van der Waals surface area contributed by atoms with E-state index >= 15 is 0 Å². The average molecular weight is 581 g/mol. The topological polar surface area (TPSA) is 149 Å². The van der Waals surface area contributed by atoms with E-state index in [1.54, 1.807) is 0 Å². The van der Waals surface area contributed by atoms with E-state index in [0.717, 1.165) is 31.8 Å². The first-order valence-electron chi connectivity index (χ1n) is 12.9. The average Bonchev–Trinajstić information content (AvgIpc) is 2.84. The third kappa shape index (κ3) is 11.7. The molecular weight excluding hydrogens is 540 g/mol. The van der Waals surface area contributed by atoms with Gasteiger partial charge in [0.05, 0.1) is 12.5 Å². The van der Waals surface area contributed by atoms with E-state index in [0.29, 0.717) is 60.4 Å². The van der Waals surface area contributed by atoms with Crippen molar-refractivity contribution in [2.75, 3.05) is 26.2 Å². The summed E-state index contributed by atoms with van der Waals surface area (Å²) in [6.07, 6.45) is 8.16. The van der Waals surface area contributed by atoms with Crippen LogP contribution in [0.15, 0.2) is 43.5 Å². The van der Waals surface area contributed by atoms with Gasteiger partial charge in [0.25, 0.3) is 0 Å². The summed E-state index contributed by atoms with van der Waals surface area (Å²) in [7, 11) is 0. The molecule has 0 spiro atoms. The Kier molecular flexibility index (Phi) is 12.2. The van der Waals surface area contributed by atoms with Crippen molar-refractivity contribution < 1.29 is 19.0 Å². The van der Waals surface area contributed by atoms with Crippen molar-refractivity contribution in [1.82, 2.24) is 21.3 Å². The highest BCUT2D eigenvalue weighted by atomic mass is 32.1. The lowest BCUT2D eigenvalue weighted by atomic mass is 9.83. The Bertz CT molecular complexity index is 1130. The molecule has 2 heterocycles. The van der Waals surface area contributed by atoms with Gasteiger partial charge in [-0.1, -0.05) is 27.7 Å². The van der Waals surface area contributed by atoms with Crippen LogP contribution in [0.4, 0.5) is 0 Å². The second-order valence-corrected chi connectivity index (χ2v) is 11.9. The van der Waals surface area contributed by atoms with E-state index in [-0.39, 0.29) is 22.3 Å². The zero-order valence-corrected chi connectivity index (χ0v) is 24.7. The quantitative estimate of drug-likeness (QED) is 0.144. The summed E-state index contributed by atoms with van der Waals surface area (Å²) in [6, 6.07) is 0. The Hall–Kier alpha value is -3.12. The maximum atomic E-state index is 12.0. The van der Waals surface area contributed by atoms with Gasteiger partial charge in [0, 0.05) is 37.3 Å². The monoisotopic (exact) mass is 580 g/mol. The molecule has 10 nitrogen and oxygen atoms in total. The van der Waals surface area contributed by atoms with Gasteiger partial charge in [-0.25, -0.2) is 0 Å². The summed E-state index contributed by atoms with van der Waals surface area (Å²) in [5.41, 5.74) is -0.267. The Morgan fingerprint density at radius 2 is 1.05 bits per heavy atom. The highest BCUT2D eigenvalue weighted by molar-refractivity contribution is 7.80. The molecular formula is C27H40N4O6S2. The summed E-state index contributed by atoms with van der Waals surface area (Å²) in [5.74, 6) is -0.750. The molecule has 0 radical (unpaired) electrons. The summed E-state index contributed by atoms with van der Waals surface area (Å²) < 4.78 is 10.0. The van der Waals surface area contributed by atoms with Crippen LogP contribution >= 0.6 is 24.4 Å². The predicted octanol–water partition coefficient (Wildman–Crippen LogP) is 2.94. The molecule has 0 saturated carbocycles. The summed E-state index contributed by atoms with van der Waals surface area (Å²) in [6.45, 7) is 10.8. The van der Waals surface area contributed by atoms with Crippen molar-refractivity contribution in [2.45, 2.75) is 59.8 Å². The van der Waals surface area contributed by atoms with Crippen LogP contribution in [-0.4, -0.2) is 46.6 Å². The number of thiocarbonyl (C=S) groups is 2. The molecule has 6 N–H and O–H groups in total. The number of hydrogen-bond acceptors (Lipinski definition) is 8. The van der Waals surface area contributed by atoms with Crippen LogP contribution in [0.25, 0.3) is 0 Å². The highest BCUT2D eigenvalue weighted by Crippen LogP contribution is 2.25. The standard InChI is InChI=1S/C27H40N4O6S2/c1-26(2,12-18-14-36-16-20(32)22(18)34)6-10-30-24(38)28-8-5-9-29-25(39)31-11-7-27(3,4)13-19-15-37-17-21(33)23(19)35/h14-17,32-33H,5-13H2,1-4H3,(H2,28,30,38)(H2,29,31,39). The maximum absolute atomic E-state index is 12.0. The van der Waals surface area contributed by atoms with E-state index in [9.17, 15) is 19.8 Å². The minimum atomic E-state index is -0.396. The molecule has 0 aromatic carbocycles. The van der Waals surface area contributed by atoms with E-state index in [1.807, 2.05) is 27.7 Å². The minimum absolute atomic E-state index is 0.188. The van der Waals surface area contributed by atoms with E-state index in [1.165, 1.54) is 12.5 Å². The van der Waals surface area contributed by atoms with Gasteiger partial charge >= 0.3 is 0 Å². The molecule has 39 heavy (non-hydrogen) atoms. The van der Waals surface area contributed by atoms with Crippen LogP contribution in [0.5, 0.6) is 11.5 Å². The Morgan fingerprint density at radius 3 is 1.44 bits per heavy atom. The summed E-state index contributed by atoms with van der Waals surface area (Å²) >= 11 is 10.7. The number of aromatic hydroxyl groups is 2. The summed E-state index contributed by atoms with van der Waals surface area (Å²) in [4.78, 5) is 24.0. The van der Waals surface area contributed by atoms with Crippen LogP contribution in [0, 0.1) is 10.8 Å². The molecule has 0 aliphatic heterocycles. The van der Waals surface area contributed by atoms with Gasteiger partial charge in [-0.2, -0.15) is 0 Å². The molecule has 12 heteroatoms. The summed E-state index contributed by atoms with van der Waals surface area (Å²) in [5, 5.41) is 32.9. The van der Waals surface area contributed by atoms with Crippen LogP contribution in [0.1, 0.15) is 58.1 Å². The fourth-order valence-electron chi connectivity index (χ4n) is 4.00. The Labute approximate surface area is 239 Å². The molecule has 0 atom stereocenters. The largest absolute Gasteiger partial charge is 0.502 e. The minimum Gasteiger partial charge on any atom is -0.502 e. The normalized spacial score (nSPS) is 11.6. The molecule has 0 saturated heterocycles. The Morgan fingerprint density at radius 1 is 0.692 bits per heavy atom. The van der Waals surface area contributed by atoms with Gasteiger partial charge < -0.3 is 40.3 Å². The third-order valence-corrected chi connectivity index (χ3v) is 6.84. The SMILES string of the molecule is CC(C)(CCNC(=S)NCCCNC(=S)NCCC(C)(C)Cc1cocc(O)c1=O)Cc1cocc(O)c1=O. The first-order chi connectivity index (χ1) is 18.3. The molecule has 0 unspecified atom stereocenters. The van der Waals surface area contributed by atoms with Crippen molar-refractivity contribution >= 4 is 34.7 Å². The number of hydrogen-bond donors (Lipinski definition) is 6. The smallest absolute Gasteiger partial charge is 0.229 e. The fourth-order valence-corrected chi connectivity index (χ4v) is 4.41. The van der Waals surface area contributed by atoms with Crippen LogP contribution in [-0.2, 0) is 12.8 Å². The van der Waals surface area contributed by atoms with Crippen LogP contribution in [0.2, 0.25) is 0 Å². The molecule has 0 bridgehead atoms. The van der Waals surface area contributed by atoms with Crippen molar-refractivity contribution in [3.63, 3.8) is 0 Å². The molecule has 0 aliphatic rings. The first kappa shape index (κ1) is 32.1. The lowest BCUT2D eigenvalue weighted by Gasteiger charge is -2.25. The molecule has 2 rings (SSSR count). The van der Waals surface area contributed by atoms with Gasteiger partial charge in [0.2, 0.25) is 10.9 Å². The van der Waals surface area contributed by atoms with Gasteiger partial charge in [0.1, 0.15) is 12.5 Å². The maximum Gasteiger partial charge on any atom is 0.229 e. The van der Waals surface area contributed by atoms with Crippen molar-refractivity contribution in [2.24, 2.45) is 10.8 Å². The lowest BCUT2D eigenvalue weighted by molar-refractivity contribution is 0.326. The molecule has 2 aromatic heterocycles. The van der Waals surface area contributed by atoms with E-state index in [4.69, 9.17) is 33.3 Å². The lowest BCUT2D eigenvalue weighted by Crippen LogP contribution is -2.40. The van der Waals surface area contributed by atoms with Crippen LogP contribution < -0.4 is 32.1 Å². The second kappa shape index (κ2) is 14.9. The van der Waals surface area contributed by atoms with Gasteiger partial charge in [0.15, 0.2) is 21.7 Å². The number of nitrogens with one attached hydrogen (secondary N) is 4. The molecule has 2 aromatic rings. The molecule has 0 fully saturated rings. The predicted molar refractivity (Wildman–Crippen MR) is 159 cm³/mol. The van der Waals surface area contributed by atoms with E-state index < -0.39 is 10.9 Å². The molecule has 216 valence electrons. The van der Waals surface area contributed by atoms with Gasteiger partial charge in [-0.05, 0) is 67.4 Å². The van der Waals surface area contributed by atoms with Crippen LogP contribution in [0.3, 0.4) is 0 Å². The number of rotatable bonds is 14. The van der Waals surface area contributed by atoms with Crippen molar-refractivity contribution in [3.05, 3.63) is 56.6 Å².